The van der Waals surface area contributed by atoms with Crippen molar-refractivity contribution in [2.45, 2.75) is 51.1 Å². The van der Waals surface area contributed by atoms with Crippen LogP contribution in [0.15, 0.2) is 48.5 Å². The van der Waals surface area contributed by atoms with Crippen molar-refractivity contribution in [2.75, 3.05) is 17.2 Å². The molecular formula is C30H28ClF4N3O. The van der Waals surface area contributed by atoms with E-state index in [-0.39, 0.29) is 38.2 Å². The largest absolute Gasteiger partial charge is 0.493 e. The van der Waals surface area contributed by atoms with E-state index in [1.807, 2.05) is 26.0 Å². The van der Waals surface area contributed by atoms with E-state index in [1.54, 1.807) is 24.3 Å². The highest BCUT2D eigenvalue weighted by Gasteiger charge is 2.51. The molecule has 3 aromatic rings. The molecule has 9 heteroatoms. The zero-order chi connectivity index (χ0) is 27.9. The highest BCUT2D eigenvalue weighted by Crippen LogP contribution is 2.51. The lowest BCUT2D eigenvalue weighted by Gasteiger charge is -2.45. The van der Waals surface area contributed by atoms with Gasteiger partial charge in [0, 0.05) is 35.9 Å². The molecule has 0 aromatic heterocycles. The Hall–Kier alpha value is -3.44. The zero-order valence-electron chi connectivity index (χ0n) is 21.6. The van der Waals surface area contributed by atoms with Crippen molar-refractivity contribution in [3.63, 3.8) is 0 Å². The van der Waals surface area contributed by atoms with Crippen LogP contribution in [0, 0.1) is 48.6 Å². The molecule has 0 radical (unpaired) electrons. The Labute approximate surface area is 229 Å². The summed E-state index contributed by atoms with van der Waals surface area (Å²) in [5.74, 6) is -4.76. The highest BCUT2D eigenvalue weighted by atomic mass is 35.5. The second-order valence-corrected chi connectivity index (χ2v) is 11.0. The Morgan fingerprint density at radius 1 is 0.974 bits per heavy atom. The number of hydrogen-bond acceptors (Lipinski definition) is 4. The molecule has 5 rings (SSSR count). The summed E-state index contributed by atoms with van der Waals surface area (Å²) >= 11 is 6.18. The predicted molar refractivity (Wildman–Crippen MR) is 143 cm³/mol. The van der Waals surface area contributed by atoms with E-state index in [2.05, 4.69) is 16.7 Å². The summed E-state index contributed by atoms with van der Waals surface area (Å²) < 4.78 is 63.4. The third-order valence-corrected chi connectivity index (χ3v) is 8.16. The molecule has 39 heavy (non-hydrogen) atoms. The summed E-state index contributed by atoms with van der Waals surface area (Å²) in [6, 6.07) is 14.9. The maximum Gasteiger partial charge on any atom is 0.248 e. The smallest absolute Gasteiger partial charge is 0.248 e. The summed E-state index contributed by atoms with van der Waals surface area (Å²) in [6.45, 7) is 3.81. The molecule has 0 saturated heterocycles. The van der Waals surface area contributed by atoms with Crippen molar-refractivity contribution >= 4 is 23.0 Å². The highest BCUT2D eigenvalue weighted by molar-refractivity contribution is 6.30. The van der Waals surface area contributed by atoms with Crippen LogP contribution in [0.4, 0.5) is 28.9 Å². The molecular weight excluding hydrogens is 530 g/mol. The number of benzene rings is 3. The minimum Gasteiger partial charge on any atom is -0.493 e. The van der Waals surface area contributed by atoms with Crippen LogP contribution in [-0.4, -0.2) is 12.5 Å². The summed E-state index contributed by atoms with van der Waals surface area (Å²) in [5.41, 5.74) is 2.39. The summed E-state index contributed by atoms with van der Waals surface area (Å²) in [6.07, 6.45) is 0.000237. The number of nitrogens with one attached hydrogen (secondary N) is 2. The lowest BCUT2D eigenvalue weighted by molar-refractivity contribution is -0.0589. The quantitative estimate of drug-likeness (QED) is 0.299. The summed E-state index contributed by atoms with van der Waals surface area (Å²) in [4.78, 5) is 0. The minimum atomic E-state index is -2.73. The molecule has 204 valence electrons. The zero-order valence-corrected chi connectivity index (χ0v) is 22.3. The Kier molecular flexibility index (Phi) is 7.15. The first-order chi connectivity index (χ1) is 18.5. The van der Waals surface area contributed by atoms with Gasteiger partial charge >= 0.3 is 0 Å². The topological polar surface area (TPSA) is 57.1 Å². The molecule has 2 N–H and O–H groups in total. The molecule has 0 bridgehead atoms. The van der Waals surface area contributed by atoms with Crippen LogP contribution in [0.25, 0.3) is 0 Å². The molecule has 1 saturated carbocycles. The Morgan fingerprint density at radius 3 is 2.03 bits per heavy atom. The number of hydrogen-bond donors (Lipinski definition) is 2. The maximum atomic E-state index is 14.3. The number of anilines is 2. The first-order valence-corrected chi connectivity index (χ1v) is 13.2. The van der Waals surface area contributed by atoms with Gasteiger partial charge in [-0.1, -0.05) is 23.7 Å². The number of nitriles is 1. The van der Waals surface area contributed by atoms with Crippen molar-refractivity contribution in [1.82, 2.24) is 0 Å². The van der Waals surface area contributed by atoms with E-state index in [0.717, 1.165) is 28.8 Å². The van der Waals surface area contributed by atoms with Crippen molar-refractivity contribution in [3.05, 3.63) is 87.4 Å². The maximum absolute atomic E-state index is 14.3. The summed E-state index contributed by atoms with van der Waals surface area (Å²) in [5, 5.41) is 16.6. The van der Waals surface area contributed by atoms with Crippen molar-refractivity contribution in [2.24, 2.45) is 11.8 Å². The number of fused-ring (bicyclic) bond motifs is 1. The predicted octanol–water partition coefficient (Wildman–Crippen LogP) is 8.32. The Balaban J connectivity index is 1.59. The van der Waals surface area contributed by atoms with Gasteiger partial charge in [0.25, 0.3) is 0 Å². The normalized spacial score (nSPS) is 18.4. The van der Waals surface area contributed by atoms with Crippen LogP contribution >= 0.6 is 11.6 Å². The van der Waals surface area contributed by atoms with Gasteiger partial charge < -0.3 is 15.4 Å². The summed E-state index contributed by atoms with van der Waals surface area (Å²) in [7, 11) is 0. The third kappa shape index (κ3) is 5.25. The number of aryl methyl sites for hydroxylation is 2. The van der Waals surface area contributed by atoms with Gasteiger partial charge in [-0.05, 0) is 73.6 Å². The average Bonchev–Trinajstić information content (AvgIpc) is 3.25. The first kappa shape index (κ1) is 27.1. The molecule has 4 nitrogen and oxygen atoms in total. The molecule has 3 aromatic carbocycles. The van der Waals surface area contributed by atoms with Gasteiger partial charge in [0.05, 0.1) is 29.6 Å². The molecule has 1 heterocycles. The van der Waals surface area contributed by atoms with Gasteiger partial charge in [-0.15, -0.1) is 0 Å². The van der Waals surface area contributed by atoms with Gasteiger partial charge in [-0.3, -0.25) is 0 Å². The fourth-order valence-electron chi connectivity index (χ4n) is 5.96. The van der Waals surface area contributed by atoms with E-state index < -0.39 is 29.1 Å². The van der Waals surface area contributed by atoms with E-state index in [4.69, 9.17) is 16.3 Å². The van der Waals surface area contributed by atoms with Gasteiger partial charge in [0.15, 0.2) is 11.6 Å². The molecule has 1 unspecified atom stereocenters. The van der Waals surface area contributed by atoms with Gasteiger partial charge in [-0.25, -0.2) is 17.6 Å². The molecule has 0 spiro atoms. The van der Waals surface area contributed by atoms with Gasteiger partial charge in [0.2, 0.25) is 5.92 Å². The second-order valence-electron chi connectivity index (χ2n) is 10.5. The van der Waals surface area contributed by atoms with Gasteiger partial charge in [0.1, 0.15) is 11.4 Å². The number of ether oxygens (including phenoxy) is 1. The van der Waals surface area contributed by atoms with Crippen molar-refractivity contribution in [3.8, 4) is 11.8 Å². The van der Waals surface area contributed by atoms with Crippen LogP contribution in [0.1, 0.15) is 47.9 Å². The SMILES string of the molecule is Cc1cc(C#N)cc(C)c1OCC(C1CCC(F)(F)CC1)C1(c2ccc(Cl)cc2)Nc2cc(F)c(F)cc2N1. The number of halogens is 5. The fourth-order valence-corrected chi connectivity index (χ4v) is 6.09. The Bertz CT molecular complexity index is 1370. The van der Waals surface area contributed by atoms with E-state index in [0.29, 0.717) is 27.7 Å². The number of nitrogens with zero attached hydrogens (tertiary/aromatic N) is 1. The molecule has 1 aliphatic carbocycles. The first-order valence-electron chi connectivity index (χ1n) is 12.8. The average molecular weight is 558 g/mol. The van der Waals surface area contributed by atoms with Gasteiger partial charge in [-0.2, -0.15) is 5.26 Å². The fraction of sp³-hybridized carbons (Fsp3) is 0.367. The van der Waals surface area contributed by atoms with Crippen LogP contribution in [-0.2, 0) is 5.66 Å². The standard InChI is InChI=1S/C30H28ClF4N3O/c1-17-11-19(15-36)12-18(2)28(17)39-16-23(20-7-9-29(34,35)10-8-20)30(21-3-5-22(31)6-4-21)37-26-13-24(32)25(33)14-27(26)38-30/h3-6,11-14,20,23,37-38H,7-10,16H2,1-2H3. The van der Waals surface area contributed by atoms with Crippen molar-refractivity contribution in [1.29, 1.82) is 5.26 Å². The van der Waals surface area contributed by atoms with Crippen molar-refractivity contribution < 1.29 is 22.3 Å². The van der Waals surface area contributed by atoms with E-state index in [9.17, 15) is 22.8 Å². The molecule has 0 amide bonds. The van der Waals surface area contributed by atoms with Crippen LogP contribution in [0.3, 0.4) is 0 Å². The number of rotatable bonds is 6. The monoisotopic (exact) mass is 557 g/mol. The van der Waals surface area contributed by atoms with Crippen LogP contribution < -0.4 is 15.4 Å². The lowest BCUT2D eigenvalue weighted by atomic mass is 9.71. The van der Waals surface area contributed by atoms with E-state index in [1.165, 1.54) is 0 Å². The lowest BCUT2D eigenvalue weighted by Crippen LogP contribution is -2.52. The van der Waals surface area contributed by atoms with Crippen LogP contribution in [0.2, 0.25) is 5.02 Å². The molecule has 1 aliphatic heterocycles. The molecule has 2 aliphatic rings. The second kappa shape index (κ2) is 10.3. The minimum absolute atomic E-state index is 0.116. The third-order valence-electron chi connectivity index (χ3n) is 7.91. The molecule has 1 atom stereocenters. The van der Waals surface area contributed by atoms with E-state index >= 15 is 0 Å². The Morgan fingerprint density at radius 2 is 1.51 bits per heavy atom. The molecule has 1 fully saturated rings. The van der Waals surface area contributed by atoms with Crippen LogP contribution in [0.5, 0.6) is 5.75 Å². The number of alkyl halides is 2.